The number of nitrogens with zero attached hydrogens (tertiary/aromatic N) is 2. The summed E-state index contributed by atoms with van der Waals surface area (Å²) in [5.41, 5.74) is 2.42. The first-order chi connectivity index (χ1) is 16.0. The molecule has 1 aromatic heterocycles. The zero-order chi connectivity index (χ0) is 22.9. The number of aromatic nitrogens is 1. The van der Waals surface area contributed by atoms with Crippen molar-refractivity contribution in [3.05, 3.63) is 59.1 Å². The SMILES string of the molecule is CCn1cc(/C=C2\SC(=O)N(CC(=O)Nc3ccc4c(c3)OCCO4)C2=O)c2ccccc21. The van der Waals surface area contributed by atoms with Crippen LogP contribution in [-0.4, -0.2) is 46.3 Å². The summed E-state index contributed by atoms with van der Waals surface area (Å²) in [5, 5.41) is 3.24. The number of imide groups is 1. The molecule has 2 aromatic carbocycles. The Morgan fingerprint density at radius 3 is 2.73 bits per heavy atom. The molecule has 0 bridgehead atoms. The fourth-order valence-electron chi connectivity index (χ4n) is 3.89. The number of rotatable bonds is 5. The number of hydrogen-bond donors (Lipinski definition) is 1. The lowest BCUT2D eigenvalue weighted by Gasteiger charge is -2.19. The number of carbonyl (C=O) groups is 3. The number of ether oxygens (including phenoxy) is 2. The van der Waals surface area contributed by atoms with Crippen LogP contribution in [0.1, 0.15) is 12.5 Å². The number of hydrogen-bond acceptors (Lipinski definition) is 6. The Labute approximate surface area is 194 Å². The Morgan fingerprint density at radius 2 is 1.91 bits per heavy atom. The molecule has 3 aromatic rings. The van der Waals surface area contributed by atoms with Crippen molar-refractivity contribution in [2.45, 2.75) is 13.5 Å². The van der Waals surface area contributed by atoms with Crippen molar-refractivity contribution in [2.75, 3.05) is 25.1 Å². The first-order valence-electron chi connectivity index (χ1n) is 10.6. The summed E-state index contributed by atoms with van der Waals surface area (Å²) in [7, 11) is 0. The normalized spacial score (nSPS) is 16.6. The van der Waals surface area contributed by atoms with Crippen molar-refractivity contribution in [3.8, 4) is 11.5 Å². The average molecular weight is 464 g/mol. The number of carbonyl (C=O) groups excluding carboxylic acids is 3. The van der Waals surface area contributed by atoms with Crippen LogP contribution in [0.25, 0.3) is 17.0 Å². The smallest absolute Gasteiger partial charge is 0.294 e. The Bertz CT molecular complexity index is 1310. The Kier molecular flexibility index (Phi) is 5.55. The number of aryl methyl sites for hydroxylation is 1. The maximum absolute atomic E-state index is 12.9. The van der Waals surface area contributed by atoms with Gasteiger partial charge in [0, 0.05) is 41.0 Å². The largest absolute Gasteiger partial charge is 0.486 e. The molecule has 3 amide bonds. The van der Waals surface area contributed by atoms with E-state index in [0.717, 1.165) is 39.7 Å². The van der Waals surface area contributed by atoms with Crippen LogP contribution in [-0.2, 0) is 16.1 Å². The Balaban J connectivity index is 1.31. The van der Waals surface area contributed by atoms with Gasteiger partial charge in [0.25, 0.3) is 11.1 Å². The molecule has 1 fully saturated rings. The van der Waals surface area contributed by atoms with Gasteiger partial charge in [-0.2, -0.15) is 0 Å². The van der Waals surface area contributed by atoms with Crippen LogP contribution < -0.4 is 14.8 Å². The van der Waals surface area contributed by atoms with Crippen molar-refractivity contribution < 1.29 is 23.9 Å². The van der Waals surface area contributed by atoms with E-state index in [2.05, 4.69) is 9.88 Å². The molecule has 8 nitrogen and oxygen atoms in total. The van der Waals surface area contributed by atoms with E-state index < -0.39 is 17.1 Å². The molecule has 5 rings (SSSR count). The average Bonchev–Trinajstić information content (AvgIpc) is 3.31. The molecule has 33 heavy (non-hydrogen) atoms. The summed E-state index contributed by atoms with van der Waals surface area (Å²) in [5.74, 6) is 0.201. The highest BCUT2D eigenvalue weighted by Crippen LogP contribution is 2.35. The molecule has 9 heteroatoms. The van der Waals surface area contributed by atoms with E-state index in [1.165, 1.54) is 0 Å². The van der Waals surface area contributed by atoms with E-state index in [-0.39, 0.29) is 6.54 Å². The molecule has 1 N–H and O–H groups in total. The molecule has 0 unspecified atom stereocenters. The van der Waals surface area contributed by atoms with Crippen LogP contribution in [0.2, 0.25) is 0 Å². The van der Waals surface area contributed by atoms with Crippen molar-refractivity contribution in [1.29, 1.82) is 0 Å². The highest BCUT2D eigenvalue weighted by molar-refractivity contribution is 8.18. The van der Waals surface area contributed by atoms with Gasteiger partial charge >= 0.3 is 0 Å². The maximum Gasteiger partial charge on any atom is 0.294 e. The fraction of sp³-hybridized carbons (Fsp3) is 0.208. The zero-order valence-corrected chi connectivity index (χ0v) is 18.7. The number of fused-ring (bicyclic) bond motifs is 2. The quantitative estimate of drug-likeness (QED) is 0.573. The Hall–Kier alpha value is -3.72. The topological polar surface area (TPSA) is 89.9 Å². The number of para-hydroxylation sites is 1. The molecular formula is C24H21N3O5S. The molecule has 2 aliphatic heterocycles. The van der Waals surface area contributed by atoms with Gasteiger partial charge < -0.3 is 19.4 Å². The second-order valence-corrected chi connectivity index (χ2v) is 8.56. The minimum absolute atomic E-state index is 0.297. The van der Waals surface area contributed by atoms with E-state index in [1.54, 1.807) is 24.3 Å². The summed E-state index contributed by atoms with van der Waals surface area (Å²) >= 11 is 0.842. The summed E-state index contributed by atoms with van der Waals surface area (Å²) in [6.07, 6.45) is 3.69. The predicted molar refractivity (Wildman–Crippen MR) is 126 cm³/mol. The first-order valence-corrected chi connectivity index (χ1v) is 11.4. The van der Waals surface area contributed by atoms with Crippen LogP contribution >= 0.6 is 11.8 Å². The summed E-state index contributed by atoms with van der Waals surface area (Å²) in [4.78, 5) is 39.2. The first kappa shape index (κ1) is 21.1. The summed E-state index contributed by atoms with van der Waals surface area (Å²) in [6.45, 7) is 3.38. The standard InChI is InChI=1S/C24H21N3O5S/c1-2-26-13-15(17-5-3-4-6-18(17)26)11-21-23(29)27(24(30)33-21)14-22(28)25-16-7-8-19-20(12-16)32-10-9-31-19/h3-8,11-13H,2,9-10,14H2,1H3,(H,25,28)/b21-11-. The van der Waals surface area contributed by atoms with Gasteiger partial charge in [-0.15, -0.1) is 0 Å². The van der Waals surface area contributed by atoms with Crippen molar-refractivity contribution in [1.82, 2.24) is 9.47 Å². The van der Waals surface area contributed by atoms with Crippen LogP contribution in [0.5, 0.6) is 11.5 Å². The molecule has 0 saturated carbocycles. The highest BCUT2D eigenvalue weighted by atomic mass is 32.2. The molecule has 0 aliphatic carbocycles. The molecule has 0 radical (unpaired) electrons. The molecule has 168 valence electrons. The van der Waals surface area contributed by atoms with Gasteiger partial charge in [-0.1, -0.05) is 18.2 Å². The number of anilines is 1. The van der Waals surface area contributed by atoms with Crippen molar-refractivity contribution in [3.63, 3.8) is 0 Å². The number of amides is 3. The Morgan fingerprint density at radius 1 is 1.12 bits per heavy atom. The molecule has 0 atom stereocenters. The second-order valence-electron chi connectivity index (χ2n) is 7.56. The fourth-order valence-corrected chi connectivity index (χ4v) is 4.72. The van der Waals surface area contributed by atoms with Crippen molar-refractivity contribution in [2.24, 2.45) is 0 Å². The zero-order valence-electron chi connectivity index (χ0n) is 17.9. The number of nitrogens with one attached hydrogen (secondary N) is 1. The van der Waals surface area contributed by atoms with Gasteiger partial charge in [0.2, 0.25) is 5.91 Å². The summed E-state index contributed by atoms with van der Waals surface area (Å²) in [6, 6.07) is 13.0. The van der Waals surface area contributed by atoms with Gasteiger partial charge in [0.05, 0.1) is 4.91 Å². The van der Waals surface area contributed by atoms with Gasteiger partial charge in [0.15, 0.2) is 11.5 Å². The van der Waals surface area contributed by atoms with Gasteiger partial charge in [0.1, 0.15) is 19.8 Å². The monoisotopic (exact) mass is 463 g/mol. The predicted octanol–water partition coefficient (Wildman–Crippen LogP) is 4.11. The molecule has 0 spiro atoms. The highest BCUT2D eigenvalue weighted by Gasteiger charge is 2.36. The van der Waals surface area contributed by atoms with Crippen LogP contribution in [0.4, 0.5) is 10.5 Å². The van der Waals surface area contributed by atoms with Gasteiger partial charge in [-0.05, 0) is 43.0 Å². The minimum Gasteiger partial charge on any atom is -0.486 e. The van der Waals surface area contributed by atoms with E-state index in [1.807, 2.05) is 37.4 Å². The molecular weight excluding hydrogens is 442 g/mol. The van der Waals surface area contributed by atoms with E-state index in [4.69, 9.17) is 9.47 Å². The maximum atomic E-state index is 12.9. The van der Waals surface area contributed by atoms with E-state index in [9.17, 15) is 14.4 Å². The van der Waals surface area contributed by atoms with Crippen molar-refractivity contribution >= 4 is 51.5 Å². The van der Waals surface area contributed by atoms with Gasteiger partial charge in [-0.3, -0.25) is 19.3 Å². The summed E-state index contributed by atoms with van der Waals surface area (Å²) < 4.78 is 13.1. The lowest BCUT2D eigenvalue weighted by molar-refractivity contribution is -0.127. The van der Waals surface area contributed by atoms with E-state index in [0.29, 0.717) is 35.3 Å². The van der Waals surface area contributed by atoms with Crippen LogP contribution in [0, 0.1) is 0 Å². The second kappa shape index (κ2) is 8.67. The lowest BCUT2D eigenvalue weighted by Crippen LogP contribution is -2.36. The van der Waals surface area contributed by atoms with Gasteiger partial charge in [-0.25, -0.2) is 0 Å². The third-order valence-electron chi connectivity index (χ3n) is 5.45. The molecule has 3 heterocycles. The number of thioether (sulfide) groups is 1. The van der Waals surface area contributed by atoms with Crippen LogP contribution in [0.15, 0.2) is 53.6 Å². The van der Waals surface area contributed by atoms with Crippen LogP contribution in [0.3, 0.4) is 0 Å². The third kappa shape index (κ3) is 4.07. The number of benzene rings is 2. The molecule has 1 saturated heterocycles. The van der Waals surface area contributed by atoms with E-state index >= 15 is 0 Å². The lowest BCUT2D eigenvalue weighted by atomic mass is 10.1. The molecule has 2 aliphatic rings. The minimum atomic E-state index is -0.476. The third-order valence-corrected chi connectivity index (χ3v) is 6.36.